The fourth-order valence-corrected chi connectivity index (χ4v) is 2.04. The number of hydrogen-bond donors (Lipinski definition) is 1. The van der Waals surface area contributed by atoms with Crippen LogP contribution in [0.3, 0.4) is 0 Å². The number of nitro groups is 1. The minimum atomic E-state index is -1.16. The number of rotatable bonds is 4. The predicted molar refractivity (Wildman–Crippen MR) is 63.4 cm³/mol. The topological polar surface area (TPSA) is 55.2 Å². The molecule has 6 heteroatoms. The van der Waals surface area contributed by atoms with E-state index in [1.54, 1.807) is 0 Å². The summed E-state index contributed by atoms with van der Waals surface area (Å²) in [6, 6.07) is 1.47. The molecule has 18 heavy (non-hydrogen) atoms. The van der Waals surface area contributed by atoms with Crippen molar-refractivity contribution in [2.75, 3.05) is 11.9 Å². The number of nitro benzene ring substituents is 1. The summed E-state index contributed by atoms with van der Waals surface area (Å²) in [6.45, 7) is 4.65. The third-order valence-electron chi connectivity index (χ3n) is 3.47. The zero-order chi connectivity index (χ0) is 13.5. The van der Waals surface area contributed by atoms with Gasteiger partial charge < -0.3 is 5.32 Å². The first kappa shape index (κ1) is 12.7. The Morgan fingerprint density at radius 2 is 2.11 bits per heavy atom. The van der Waals surface area contributed by atoms with Crippen molar-refractivity contribution in [3.05, 3.63) is 33.9 Å². The Bertz CT molecular complexity index is 503. The summed E-state index contributed by atoms with van der Waals surface area (Å²) in [4.78, 5) is 9.91. The minimum absolute atomic E-state index is 0.0970. The second-order valence-electron chi connectivity index (χ2n) is 5.31. The Morgan fingerprint density at radius 3 is 2.61 bits per heavy atom. The van der Waals surface area contributed by atoms with Crippen LogP contribution in [0.2, 0.25) is 0 Å². The second kappa shape index (κ2) is 4.19. The molecular formula is C12H14F2N2O2. The average Bonchev–Trinajstić information content (AvgIpc) is 2.81. The molecule has 4 nitrogen and oxygen atoms in total. The molecule has 0 aromatic heterocycles. The molecule has 1 saturated carbocycles. The van der Waals surface area contributed by atoms with Crippen LogP contribution in [-0.2, 0) is 0 Å². The third-order valence-corrected chi connectivity index (χ3v) is 3.47. The largest absolute Gasteiger partial charge is 0.379 e. The molecule has 1 N–H and O–H groups in total. The maximum Gasteiger partial charge on any atom is 0.327 e. The second-order valence-corrected chi connectivity index (χ2v) is 5.31. The number of nitrogens with one attached hydrogen (secondary N) is 1. The molecule has 1 atom stereocenters. The highest BCUT2D eigenvalue weighted by molar-refractivity contribution is 5.62. The fraction of sp³-hybridized carbons (Fsp3) is 0.500. The quantitative estimate of drug-likeness (QED) is 0.664. The van der Waals surface area contributed by atoms with E-state index in [1.807, 2.05) is 0 Å². The van der Waals surface area contributed by atoms with Crippen molar-refractivity contribution in [2.45, 2.75) is 20.3 Å². The minimum Gasteiger partial charge on any atom is -0.379 e. The van der Waals surface area contributed by atoms with Crippen LogP contribution >= 0.6 is 0 Å². The van der Waals surface area contributed by atoms with Gasteiger partial charge in [-0.15, -0.1) is 0 Å². The van der Waals surface area contributed by atoms with Gasteiger partial charge in [-0.2, -0.15) is 4.39 Å². The zero-order valence-electron chi connectivity index (χ0n) is 10.2. The van der Waals surface area contributed by atoms with Gasteiger partial charge >= 0.3 is 5.69 Å². The molecular weight excluding hydrogens is 242 g/mol. The summed E-state index contributed by atoms with van der Waals surface area (Å²) < 4.78 is 26.4. The molecule has 0 saturated heterocycles. The highest BCUT2D eigenvalue weighted by atomic mass is 19.1. The van der Waals surface area contributed by atoms with Crippen molar-refractivity contribution in [2.24, 2.45) is 11.3 Å². The normalized spacial score (nSPS) is 20.6. The standard InChI is InChI=1S/C12H14F2N2O2/c1-12(2)5-7(12)6-15-10-4-8(13)3-9(14)11(10)16(17)18/h3-4,7,15H,5-6H2,1-2H3. The molecule has 1 aromatic carbocycles. The summed E-state index contributed by atoms with van der Waals surface area (Å²) in [5, 5.41) is 13.5. The van der Waals surface area contributed by atoms with Crippen LogP contribution in [0.25, 0.3) is 0 Å². The first-order valence-electron chi connectivity index (χ1n) is 5.68. The maximum absolute atomic E-state index is 13.3. The average molecular weight is 256 g/mol. The summed E-state index contributed by atoms with van der Waals surface area (Å²) in [7, 11) is 0. The van der Waals surface area contributed by atoms with Gasteiger partial charge in [0.1, 0.15) is 11.5 Å². The predicted octanol–water partition coefficient (Wildman–Crippen LogP) is 3.33. The van der Waals surface area contributed by atoms with Gasteiger partial charge in [0, 0.05) is 18.7 Å². The lowest BCUT2D eigenvalue weighted by Gasteiger charge is -2.08. The van der Waals surface area contributed by atoms with Crippen molar-refractivity contribution in [3.8, 4) is 0 Å². The molecule has 0 spiro atoms. The van der Waals surface area contributed by atoms with E-state index in [0.717, 1.165) is 12.5 Å². The van der Waals surface area contributed by atoms with Crippen molar-refractivity contribution in [3.63, 3.8) is 0 Å². The van der Waals surface area contributed by atoms with Gasteiger partial charge in [0.05, 0.1) is 4.92 Å². The number of halogens is 2. The van der Waals surface area contributed by atoms with Crippen molar-refractivity contribution >= 4 is 11.4 Å². The molecule has 0 heterocycles. The van der Waals surface area contributed by atoms with Crippen LogP contribution in [0.1, 0.15) is 20.3 Å². The molecule has 98 valence electrons. The van der Waals surface area contributed by atoms with E-state index in [-0.39, 0.29) is 11.1 Å². The van der Waals surface area contributed by atoms with Gasteiger partial charge in [0.25, 0.3) is 0 Å². The Hall–Kier alpha value is -1.72. The Labute approximate surface area is 103 Å². The summed E-state index contributed by atoms with van der Waals surface area (Å²) in [6.07, 6.45) is 1.01. The lowest BCUT2D eigenvalue weighted by molar-refractivity contribution is -0.386. The van der Waals surface area contributed by atoms with Crippen LogP contribution in [0.4, 0.5) is 20.2 Å². The van der Waals surface area contributed by atoms with E-state index in [4.69, 9.17) is 0 Å². The molecule has 1 aliphatic rings. The van der Waals surface area contributed by atoms with Crippen molar-refractivity contribution in [1.82, 2.24) is 0 Å². The van der Waals surface area contributed by atoms with Crippen LogP contribution in [0, 0.1) is 33.1 Å². The highest BCUT2D eigenvalue weighted by Crippen LogP contribution is 2.51. The van der Waals surface area contributed by atoms with Crippen molar-refractivity contribution in [1.29, 1.82) is 0 Å². The van der Waals surface area contributed by atoms with E-state index in [2.05, 4.69) is 19.2 Å². The molecule has 0 radical (unpaired) electrons. The SMILES string of the molecule is CC1(C)CC1CNc1cc(F)cc(F)c1[N+](=O)[O-]. The fourth-order valence-electron chi connectivity index (χ4n) is 2.04. The summed E-state index contributed by atoms with van der Waals surface area (Å²) >= 11 is 0. The van der Waals surface area contributed by atoms with Gasteiger partial charge in [-0.05, 0) is 17.8 Å². The number of anilines is 1. The molecule has 1 aliphatic carbocycles. The van der Waals surface area contributed by atoms with Gasteiger partial charge in [0.15, 0.2) is 0 Å². The van der Waals surface area contributed by atoms with Gasteiger partial charge in [0.2, 0.25) is 5.82 Å². The Morgan fingerprint density at radius 1 is 1.50 bits per heavy atom. The first-order valence-corrected chi connectivity index (χ1v) is 5.68. The van der Waals surface area contributed by atoms with Crippen LogP contribution < -0.4 is 5.32 Å². The van der Waals surface area contributed by atoms with E-state index >= 15 is 0 Å². The number of nitrogens with zero attached hydrogens (tertiary/aromatic N) is 1. The Balaban J connectivity index is 2.18. The Kier molecular flexibility index (Phi) is 2.96. The lowest BCUT2D eigenvalue weighted by Crippen LogP contribution is -2.10. The summed E-state index contributed by atoms with van der Waals surface area (Å²) in [5.41, 5.74) is -0.594. The van der Waals surface area contributed by atoms with E-state index in [9.17, 15) is 18.9 Å². The van der Waals surface area contributed by atoms with E-state index in [0.29, 0.717) is 18.5 Å². The third kappa shape index (κ3) is 2.42. The first-order chi connectivity index (χ1) is 8.31. The lowest BCUT2D eigenvalue weighted by atomic mass is 10.1. The highest BCUT2D eigenvalue weighted by Gasteiger charge is 2.45. The molecule has 1 fully saturated rings. The number of benzene rings is 1. The summed E-state index contributed by atoms with van der Waals surface area (Å²) in [5.74, 6) is -1.60. The van der Waals surface area contributed by atoms with Gasteiger partial charge in [-0.1, -0.05) is 13.8 Å². The monoisotopic (exact) mass is 256 g/mol. The van der Waals surface area contributed by atoms with Crippen LogP contribution in [0.5, 0.6) is 0 Å². The molecule has 0 amide bonds. The smallest absolute Gasteiger partial charge is 0.327 e. The molecule has 0 aliphatic heterocycles. The van der Waals surface area contributed by atoms with Gasteiger partial charge in [-0.25, -0.2) is 4.39 Å². The molecule has 0 bridgehead atoms. The molecule has 1 unspecified atom stereocenters. The molecule has 1 aromatic rings. The van der Waals surface area contributed by atoms with E-state index < -0.39 is 22.2 Å². The van der Waals surface area contributed by atoms with Crippen LogP contribution in [-0.4, -0.2) is 11.5 Å². The van der Waals surface area contributed by atoms with E-state index in [1.165, 1.54) is 0 Å². The van der Waals surface area contributed by atoms with Crippen LogP contribution in [0.15, 0.2) is 12.1 Å². The van der Waals surface area contributed by atoms with Gasteiger partial charge in [-0.3, -0.25) is 10.1 Å². The zero-order valence-corrected chi connectivity index (χ0v) is 10.2. The maximum atomic E-state index is 13.3. The van der Waals surface area contributed by atoms with Crippen molar-refractivity contribution < 1.29 is 13.7 Å². The number of hydrogen-bond acceptors (Lipinski definition) is 3. The molecule has 2 rings (SSSR count).